The number of benzene rings is 1. The lowest BCUT2D eigenvalue weighted by Gasteiger charge is -2.27. The zero-order valence-corrected chi connectivity index (χ0v) is 11.8. The number of nitrogens with one attached hydrogen (secondary N) is 1. The summed E-state index contributed by atoms with van der Waals surface area (Å²) in [4.78, 5) is 11.2. The fraction of sp³-hybridized carbons (Fsp3) is 0.438. The van der Waals surface area contributed by atoms with E-state index in [-0.39, 0.29) is 17.3 Å². The van der Waals surface area contributed by atoms with Crippen LogP contribution < -0.4 is 11.1 Å². The molecular formula is C16H18F2N2O. The van der Waals surface area contributed by atoms with Gasteiger partial charge < -0.3 is 11.1 Å². The van der Waals surface area contributed by atoms with Crippen molar-refractivity contribution in [2.24, 2.45) is 23.5 Å². The van der Waals surface area contributed by atoms with Crippen LogP contribution in [0.3, 0.4) is 0 Å². The van der Waals surface area contributed by atoms with E-state index in [2.05, 4.69) is 17.5 Å². The van der Waals surface area contributed by atoms with Crippen molar-refractivity contribution in [2.45, 2.75) is 25.8 Å². The van der Waals surface area contributed by atoms with Crippen LogP contribution in [0.4, 0.5) is 14.5 Å². The van der Waals surface area contributed by atoms with Crippen molar-refractivity contribution in [2.75, 3.05) is 5.32 Å². The van der Waals surface area contributed by atoms with Gasteiger partial charge in [0.15, 0.2) is 0 Å². The van der Waals surface area contributed by atoms with Crippen LogP contribution in [0.15, 0.2) is 24.3 Å². The van der Waals surface area contributed by atoms with Gasteiger partial charge in [-0.15, -0.1) is 0 Å². The van der Waals surface area contributed by atoms with E-state index in [0.29, 0.717) is 23.8 Å². The van der Waals surface area contributed by atoms with Gasteiger partial charge in [-0.1, -0.05) is 12.2 Å². The van der Waals surface area contributed by atoms with Crippen LogP contribution in [0.2, 0.25) is 0 Å². The number of amides is 1. The number of nitrogens with two attached hydrogens (primary N) is 1. The van der Waals surface area contributed by atoms with Gasteiger partial charge in [0.25, 0.3) is 5.91 Å². The zero-order valence-electron chi connectivity index (χ0n) is 11.8. The normalized spacial score (nSPS) is 27.9. The molecular weight excluding hydrogens is 274 g/mol. The summed E-state index contributed by atoms with van der Waals surface area (Å²) in [6, 6.07) is 1.91. The minimum Gasteiger partial charge on any atom is -0.380 e. The SMILES string of the molecule is CC(Nc1cc(C(N)=O)c(F)cc1F)C1CC2C=CC1C2. The van der Waals surface area contributed by atoms with Gasteiger partial charge in [-0.2, -0.15) is 0 Å². The second kappa shape index (κ2) is 5.13. The average Bonchev–Trinajstić information content (AvgIpc) is 3.03. The number of rotatable bonds is 4. The van der Waals surface area contributed by atoms with E-state index in [1.165, 1.54) is 0 Å². The minimum atomic E-state index is -0.930. The lowest BCUT2D eigenvalue weighted by atomic mass is 9.87. The standard InChI is InChI=1S/C16H18F2N2O/c1-8(11-5-9-2-3-10(11)4-9)20-15-6-12(16(19)21)13(17)7-14(15)18/h2-3,6-11,20H,4-5H2,1H3,(H2,19,21). The molecule has 2 bridgehead atoms. The molecule has 3 N–H and O–H groups in total. The Kier molecular flexibility index (Phi) is 3.43. The van der Waals surface area contributed by atoms with Gasteiger partial charge in [0.05, 0.1) is 11.3 Å². The maximum Gasteiger partial charge on any atom is 0.251 e. The molecule has 4 atom stereocenters. The summed E-state index contributed by atoms with van der Waals surface area (Å²) < 4.78 is 27.3. The molecule has 1 amide bonds. The summed E-state index contributed by atoms with van der Waals surface area (Å²) >= 11 is 0. The van der Waals surface area contributed by atoms with Gasteiger partial charge >= 0.3 is 0 Å². The highest BCUT2D eigenvalue weighted by molar-refractivity contribution is 5.94. The molecule has 1 fully saturated rings. The number of carbonyl (C=O) groups excluding carboxylic acids is 1. The first kappa shape index (κ1) is 14.0. The van der Waals surface area contributed by atoms with Crippen molar-refractivity contribution in [3.8, 4) is 0 Å². The van der Waals surface area contributed by atoms with Gasteiger partial charge in [0.2, 0.25) is 0 Å². The van der Waals surface area contributed by atoms with Crippen LogP contribution in [0.5, 0.6) is 0 Å². The third-order valence-corrected chi connectivity index (χ3v) is 4.68. The van der Waals surface area contributed by atoms with Gasteiger partial charge in [0.1, 0.15) is 11.6 Å². The van der Waals surface area contributed by atoms with E-state index < -0.39 is 17.5 Å². The molecule has 0 saturated heterocycles. The molecule has 0 radical (unpaired) electrons. The molecule has 5 heteroatoms. The van der Waals surface area contributed by atoms with Crippen molar-refractivity contribution >= 4 is 11.6 Å². The van der Waals surface area contributed by atoms with Crippen LogP contribution >= 0.6 is 0 Å². The van der Waals surface area contributed by atoms with Crippen molar-refractivity contribution < 1.29 is 13.6 Å². The predicted molar refractivity (Wildman–Crippen MR) is 76.8 cm³/mol. The minimum absolute atomic E-state index is 0.0469. The van der Waals surface area contributed by atoms with E-state index >= 15 is 0 Å². The Morgan fingerprint density at radius 2 is 2.05 bits per heavy atom. The Hall–Kier alpha value is -1.91. The monoisotopic (exact) mass is 292 g/mol. The molecule has 1 aromatic rings. The van der Waals surface area contributed by atoms with Gasteiger partial charge in [-0.3, -0.25) is 4.79 Å². The third-order valence-electron chi connectivity index (χ3n) is 4.68. The summed E-state index contributed by atoms with van der Waals surface area (Å²) in [6.45, 7) is 1.99. The van der Waals surface area contributed by atoms with E-state index in [1.807, 2.05) is 6.92 Å². The quantitative estimate of drug-likeness (QED) is 0.838. The molecule has 21 heavy (non-hydrogen) atoms. The first-order valence-electron chi connectivity index (χ1n) is 7.19. The van der Waals surface area contributed by atoms with E-state index in [9.17, 15) is 13.6 Å². The van der Waals surface area contributed by atoms with Crippen molar-refractivity contribution in [3.05, 3.63) is 41.5 Å². The first-order chi connectivity index (χ1) is 9.95. The molecule has 0 aromatic heterocycles. The molecule has 3 rings (SSSR count). The molecule has 112 valence electrons. The summed E-state index contributed by atoms with van der Waals surface area (Å²) in [5.74, 6) is -0.947. The Bertz CT molecular complexity index is 615. The molecule has 2 aliphatic rings. The number of primary amides is 1. The summed E-state index contributed by atoms with van der Waals surface area (Å²) in [5, 5.41) is 3.08. The highest BCUT2D eigenvalue weighted by atomic mass is 19.1. The van der Waals surface area contributed by atoms with Crippen LogP contribution in [-0.2, 0) is 0 Å². The molecule has 0 spiro atoms. The molecule has 4 unspecified atom stereocenters. The maximum absolute atomic E-state index is 13.9. The molecule has 0 aliphatic heterocycles. The molecule has 1 saturated carbocycles. The van der Waals surface area contributed by atoms with E-state index in [4.69, 9.17) is 5.73 Å². The van der Waals surface area contributed by atoms with Gasteiger partial charge in [-0.05, 0) is 43.6 Å². The van der Waals surface area contributed by atoms with E-state index in [1.54, 1.807) is 0 Å². The van der Waals surface area contributed by atoms with Crippen LogP contribution in [0.25, 0.3) is 0 Å². The van der Waals surface area contributed by atoms with Gasteiger partial charge in [0, 0.05) is 12.1 Å². The van der Waals surface area contributed by atoms with Gasteiger partial charge in [-0.25, -0.2) is 8.78 Å². The summed E-state index contributed by atoms with van der Waals surface area (Å²) in [5.41, 5.74) is 4.93. The highest BCUT2D eigenvalue weighted by Crippen LogP contribution is 2.45. The first-order valence-corrected chi connectivity index (χ1v) is 7.19. The van der Waals surface area contributed by atoms with Crippen LogP contribution in [0, 0.1) is 29.4 Å². The number of hydrogen-bond acceptors (Lipinski definition) is 2. The molecule has 3 nitrogen and oxygen atoms in total. The summed E-state index contributed by atoms with van der Waals surface area (Å²) in [6.07, 6.45) is 6.72. The van der Waals surface area contributed by atoms with Crippen LogP contribution in [0.1, 0.15) is 30.1 Å². The number of halogens is 2. The predicted octanol–water partition coefficient (Wildman–Crippen LogP) is 3.08. The number of anilines is 1. The average molecular weight is 292 g/mol. The smallest absolute Gasteiger partial charge is 0.251 e. The largest absolute Gasteiger partial charge is 0.380 e. The maximum atomic E-state index is 13.9. The highest BCUT2D eigenvalue weighted by Gasteiger charge is 2.38. The lowest BCUT2D eigenvalue weighted by molar-refractivity contribution is 0.0996. The number of carbonyl (C=O) groups is 1. The lowest BCUT2D eigenvalue weighted by Crippen LogP contribution is -2.29. The van der Waals surface area contributed by atoms with Crippen molar-refractivity contribution in [1.29, 1.82) is 0 Å². The number of fused-ring (bicyclic) bond motifs is 2. The molecule has 0 heterocycles. The second-order valence-electron chi connectivity index (χ2n) is 6.05. The number of allylic oxidation sites excluding steroid dienone is 2. The van der Waals surface area contributed by atoms with Crippen LogP contribution in [-0.4, -0.2) is 11.9 Å². The Labute approximate surface area is 122 Å². The van der Waals surface area contributed by atoms with Crippen molar-refractivity contribution in [3.63, 3.8) is 0 Å². The molecule has 2 aliphatic carbocycles. The number of hydrogen-bond donors (Lipinski definition) is 2. The second-order valence-corrected chi connectivity index (χ2v) is 6.05. The fourth-order valence-corrected chi connectivity index (χ4v) is 3.60. The Balaban J connectivity index is 1.79. The third kappa shape index (κ3) is 2.52. The zero-order chi connectivity index (χ0) is 15.1. The topological polar surface area (TPSA) is 55.1 Å². The summed E-state index contributed by atoms with van der Waals surface area (Å²) in [7, 11) is 0. The fourth-order valence-electron chi connectivity index (χ4n) is 3.60. The van der Waals surface area contributed by atoms with Crippen molar-refractivity contribution in [1.82, 2.24) is 0 Å². The Morgan fingerprint density at radius 3 is 2.62 bits per heavy atom. The van der Waals surface area contributed by atoms with E-state index in [0.717, 1.165) is 18.9 Å². The molecule has 1 aromatic carbocycles. The Morgan fingerprint density at radius 1 is 1.29 bits per heavy atom.